The molecule has 3 heteroatoms. The van der Waals surface area contributed by atoms with Gasteiger partial charge in [0, 0.05) is 27.6 Å². The van der Waals surface area contributed by atoms with Crippen molar-refractivity contribution in [2.75, 3.05) is 0 Å². The van der Waals surface area contributed by atoms with Gasteiger partial charge in [-0.15, -0.1) is 0 Å². The maximum atomic E-state index is 5.31. The van der Waals surface area contributed by atoms with Gasteiger partial charge in [0.25, 0.3) is 0 Å². The predicted molar refractivity (Wildman–Crippen MR) is 233 cm³/mol. The van der Waals surface area contributed by atoms with Gasteiger partial charge in [-0.2, -0.15) is 0 Å². The van der Waals surface area contributed by atoms with Gasteiger partial charge < -0.3 is 0 Å². The highest BCUT2D eigenvalue weighted by molar-refractivity contribution is 6.18. The summed E-state index contributed by atoms with van der Waals surface area (Å²) in [5.74, 6) is 0.685. The second kappa shape index (κ2) is 14.4. The van der Waals surface area contributed by atoms with Crippen LogP contribution in [0.25, 0.3) is 100 Å². The third-order valence-corrected chi connectivity index (χ3v) is 10.5. The number of pyridine rings is 1. The van der Waals surface area contributed by atoms with Crippen molar-refractivity contribution in [3.63, 3.8) is 0 Å². The number of benzene rings is 8. The van der Waals surface area contributed by atoms with Gasteiger partial charge in [0.2, 0.25) is 0 Å². The number of fused-ring (bicyclic) bond motifs is 3. The zero-order valence-corrected chi connectivity index (χ0v) is 30.5. The summed E-state index contributed by atoms with van der Waals surface area (Å²) in [6, 6.07) is 74.4. The minimum atomic E-state index is 0.685. The highest BCUT2D eigenvalue weighted by Crippen LogP contribution is 2.41. The van der Waals surface area contributed by atoms with Crippen LogP contribution in [0.3, 0.4) is 0 Å². The van der Waals surface area contributed by atoms with Crippen LogP contribution in [-0.4, -0.2) is 15.0 Å². The van der Waals surface area contributed by atoms with E-state index in [2.05, 4.69) is 194 Å². The Kier molecular flexibility index (Phi) is 8.51. The van der Waals surface area contributed by atoms with E-state index in [9.17, 15) is 0 Å². The molecule has 0 unspecified atom stereocenters. The maximum absolute atomic E-state index is 5.31. The van der Waals surface area contributed by atoms with Gasteiger partial charge in [-0.1, -0.05) is 194 Å². The van der Waals surface area contributed by atoms with Gasteiger partial charge in [-0.05, 0) is 62.4 Å². The summed E-state index contributed by atoms with van der Waals surface area (Å²) in [6.07, 6.45) is 0. The fraction of sp³-hybridized carbons (Fsp3) is 0. The lowest BCUT2D eigenvalue weighted by Crippen LogP contribution is -1.96. The van der Waals surface area contributed by atoms with Gasteiger partial charge in [0.15, 0.2) is 5.82 Å². The van der Waals surface area contributed by atoms with Crippen molar-refractivity contribution >= 4 is 21.7 Å². The Bertz CT molecular complexity index is 2960. The van der Waals surface area contributed by atoms with Crippen molar-refractivity contribution in [1.82, 2.24) is 15.0 Å². The van der Waals surface area contributed by atoms with E-state index in [0.29, 0.717) is 5.82 Å². The number of hydrogen-bond donors (Lipinski definition) is 0. The molecule has 2 heterocycles. The Morgan fingerprint density at radius 2 is 0.643 bits per heavy atom. The molecule has 0 amide bonds. The highest BCUT2D eigenvalue weighted by Gasteiger charge is 2.17. The first kappa shape index (κ1) is 33.1. The molecule has 2 aromatic heterocycles. The van der Waals surface area contributed by atoms with E-state index in [1.807, 2.05) is 18.2 Å². The Morgan fingerprint density at radius 3 is 1.23 bits per heavy atom. The van der Waals surface area contributed by atoms with Crippen molar-refractivity contribution in [3.8, 4) is 78.5 Å². The van der Waals surface area contributed by atoms with E-state index < -0.39 is 0 Å². The molecule has 0 bridgehead atoms. The Hall–Kier alpha value is -7.49. The SMILES string of the molecule is c1ccc(-c2ccc(-c3cc(-c4ccccc4)nc(-c4ccc(-c5cc6nc(-c7ccccc7)cc(-c7ccccc7)c6c6ccccc56)cc4)n3)cc2)cc1. The standard InChI is InChI=1S/C53H35N3/c1-5-15-36(16-6-1)37-25-29-42(30-26-37)50-35-49(41-21-11-4-12-22-41)55-53(56-50)43-31-27-39(28-32-43)46-33-51-52(45-24-14-13-23-44(45)46)47(38-17-7-2-8-18-38)34-48(54-51)40-19-9-3-10-20-40/h1-35H. The molecule has 0 fully saturated rings. The van der Waals surface area contributed by atoms with Crippen LogP contribution in [0.2, 0.25) is 0 Å². The summed E-state index contributed by atoms with van der Waals surface area (Å²) in [5, 5.41) is 3.52. The van der Waals surface area contributed by atoms with Crippen molar-refractivity contribution in [2.45, 2.75) is 0 Å². The number of aromatic nitrogens is 3. The zero-order valence-electron chi connectivity index (χ0n) is 30.5. The van der Waals surface area contributed by atoms with Gasteiger partial charge in [-0.25, -0.2) is 15.0 Å². The second-order valence-corrected chi connectivity index (χ2v) is 14.0. The molecule has 0 N–H and O–H groups in total. The zero-order chi connectivity index (χ0) is 37.3. The summed E-state index contributed by atoms with van der Waals surface area (Å²) in [7, 11) is 0. The molecule has 10 aromatic rings. The van der Waals surface area contributed by atoms with Gasteiger partial charge in [0.05, 0.1) is 22.6 Å². The monoisotopic (exact) mass is 713 g/mol. The average molecular weight is 714 g/mol. The van der Waals surface area contributed by atoms with E-state index in [0.717, 1.165) is 61.4 Å². The molecular weight excluding hydrogens is 679 g/mol. The molecule has 0 aliphatic rings. The normalized spacial score (nSPS) is 11.2. The van der Waals surface area contributed by atoms with Crippen LogP contribution in [0.1, 0.15) is 0 Å². The fourth-order valence-electron chi connectivity index (χ4n) is 7.69. The average Bonchev–Trinajstić information content (AvgIpc) is 3.29. The molecule has 0 aliphatic carbocycles. The van der Waals surface area contributed by atoms with Gasteiger partial charge in [-0.3, -0.25) is 0 Å². The lowest BCUT2D eigenvalue weighted by Gasteiger charge is -2.16. The number of hydrogen-bond acceptors (Lipinski definition) is 3. The Balaban J connectivity index is 1.09. The molecule has 10 rings (SSSR count). The molecule has 0 atom stereocenters. The quantitative estimate of drug-likeness (QED) is 0.154. The Labute approximate surface area is 326 Å². The van der Waals surface area contributed by atoms with Crippen LogP contribution in [-0.2, 0) is 0 Å². The van der Waals surface area contributed by atoms with Crippen molar-refractivity contribution < 1.29 is 0 Å². The smallest absolute Gasteiger partial charge is 0.160 e. The first-order valence-electron chi connectivity index (χ1n) is 18.9. The molecular formula is C53H35N3. The van der Waals surface area contributed by atoms with E-state index in [4.69, 9.17) is 15.0 Å². The van der Waals surface area contributed by atoms with Gasteiger partial charge in [0.1, 0.15) is 0 Å². The summed E-state index contributed by atoms with van der Waals surface area (Å²) in [6.45, 7) is 0. The molecule has 262 valence electrons. The lowest BCUT2D eigenvalue weighted by molar-refractivity contribution is 1.18. The molecule has 56 heavy (non-hydrogen) atoms. The van der Waals surface area contributed by atoms with Crippen LogP contribution in [0.5, 0.6) is 0 Å². The minimum absolute atomic E-state index is 0.685. The first-order valence-corrected chi connectivity index (χ1v) is 18.9. The molecule has 8 aromatic carbocycles. The number of rotatable bonds is 7. The van der Waals surface area contributed by atoms with Crippen molar-refractivity contribution in [2.24, 2.45) is 0 Å². The third kappa shape index (κ3) is 6.31. The molecule has 0 saturated heterocycles. The van der Waals surface area contributed by atoms with Gasteiger partial charge >= 0.3 is 0 Å². The summed E-state index contributed by atoms with van der Waals surface area (Å²) in [5.41, 5.74) is 14.8. The predicted octanol–water partition coefficient (Wildman–Crippen LogP) is 13.8. The van der Waals surface area contributed by atoms with E-state index in [1.165, 1.54) is 33.0 Å². The van der Waals surface area contributed by atoms with Crippen molar-refractivity contribution in [3.05, 3.63) is 212 Å². The largest absolute Gasteiger partial charge is 0.248 e. The summed E-state index contributed by atoms with van der Waals surface area (Å²) >= 11 is 0. The van der Waals surface area contributed by atoms with Crippen LogP contribution in [0, 0.1) is 0 Å². The second-order valence-electron chi connectivity index (χ2n) is 14.0. The summed E-state index contributed by atoms with van der Waals surface area (Å²) in [4.78, 5) is 15.6. The molecule has 0 saturated carbocycles. The van der Waals surface area contributed by atoms with E-state index >= 15 is 0 Å². The van der Waals surface area contributed by atoms with Crippen LogP contribution in [0.15, 0.2) is 212 Å². The first-order chi connectivity index (χ1) is 27.7. The summed E-state index contributed by atoms with van der Waals surface area (Å²) < 4.78 is 0. The van der Waals surface area contributed by atoms with Crippen LogP contribution >= 0.6 is 0 Å². The van der Waals surface area contributed by atoms with E-state index in [1.54, 1.807) is 0 Å². The molecule has 0 aliphatic heterocycles. The molecule has 0 spiro atoms. The molecule has 0 radical (unpaired) electrons. The van der Waals surface area contributed by atoms with Crippen molar-refractivity contribution in [1.29, 1.82) is 0 Å². The van der Waals surface area contributed by atoms with Crippen LogP contribution in [0.4, 0.5) is 0 Å². The van der Waals surface area contributed by atoms with E-state index in [-0.39, 0.29) is 0 Å². The molecule has 3 nitrogen and oxygen atoms in total. The number of nitrogens with zero attached hydrogens (tertiary/aromatic N) is 3. The highest BCUT2D eigenvalue weighted by atomic mass is 14.9. The third-order valence-electron chi connectivity index (χ3n) is 10.5. The minimum Gasteiger partial charge on any atom is -0.248 e. The fourth-order valence-corrected chi connectivity index (χ4v) is 7.69. The topological polar surface area (TPSA) is 38.7 Å². The Morgan fingerprint density at radius 1 is 0.250 bits per heavy atom. The lowest BCUT2D eigenvalue weighted by atomic mass is 9.90. The van der Waals surface area contributed by atoms with Crippen LogP contribution < -0.4 is 0 Å². The maximum Gasteiger partial charge on any atom is 0.160 e.